The fourth-order valence-corrected chi connectivity index (χ4v) is 1.81. The number of hydrogen-bond donors (Lipinski definition) is 0. The highest BCUT2D eigenvalue weighted by molar-refractivity contribution is 7.90. The van der Waals surface area contributed by atoms with E-state index < -0.39 is 21.4 Å². The molecule has 16 heavy (non-hydrogen) atoms. The van der Waals surface area contributed by atoms with Crippen molar-refractivity contribution >= 4 is 21.4 Å². The molecule has 0 aliphatic rings. The molecule has 1 rings (SSSR count). The summed E-state index contributed by atoms with van der Waals surface area (Å²) in [5.41, 5.74) is 0.222. The van der Waals surface area contributed by atoms with E-state index in [1.54, 1.807) is 6.92 Å². The van der Waals surface area contributed by atoms with E-state index in [-0.39, 0.29) is 16.9 Å². The third-order valence-electron chi connectivity index (χ3n) is 2.12. The Labute approximate surface area is 94.2 Å². The lowest BCUT2D eigenvalue weighted by atomic mass is 10.1. The van der Waals surface area contributed by atoms with Crippen LogP contribution in [0.4, 0.5) is 0 Å². The van der Waals surface area contributed by atoms with Crippen molar-refractivity contribution in [3.05, 3.63) is 29.8 Å². The van der Waals surface area contributed by atoms with Crippen LogP contribution in [0.15, 0.2) is 29.2 Å². The molecule has 0 heterocycles. The normalized spacial score (nSPS) is 11.1. The molecule has 0 bridgehead atoms. The maximum atomic E-state index is 11.4. The molecule has 1 aromatic carbocycles. The first-order valence-corrected chi connectivity index (χ1v) is 6.63. The molecular weight excluding hydrogens is 228 g/mol. The number of rotatable bonds is 4. The molecule has 0 atom stereocenters. The monoisotopic (exact) mass is 240 g/mol. The van der Waals surface area contributed by atoms with Crippen LogP contribution < -0.4 is 0 Å². The quantitative estimate of drug-likeness (QED) is 0.586. The SMILES string of the molecule is CCC(=O)C(=O)c1ccc(S(C)(=O)=O)cc1. The fraction of sp³-hybridized carbons (Fsp3) is 0.273. The van der Waals surface area contributed by atoms with Crippen LogP contribution in [0.25, 0.3) is 0 Å². The summed E-state index contributed by atoms with van der Waals surface area (Å²) in [6.45, 7) is 1.60. The predicted octanol–water partition coefficient (Wildman–Crippen LogP) is 1.25. The van der Waals surface area contributed by atoms with Gasteiger partial charge < -0.3 is 0 Å². The van der Waals surface area contributed by atoms with Gasteiger partial charge in [-0.2, -0.15) is 0 Å². The Balaban J connectivity index is 3.05. The molecule has 0 fully saturated rings. The third kappa shape index (κ3) is 2.76. The van der Waals surface area contributed by atoms with Crippen molar-refractivity contribution < 1.29 is 18.0 Å². The summed E-state index contributed by atoms with van der Waals surface area (Å²) in [5.74, 6) is -1.06. The van der Waals surface area contributed by atoms with Gasteiger partial charge in [-0.1, -0.05) is 6.92 Å². The van der Waals surface area contributed by atoms with Crippen molar-refractivity contribution in [3.63, 3.8) is 0 Å². The van der Waals surface area contributed by atoms with Gasteiger partial charge in [-0.25, -0.2) is 8.42 Å². The Bertz CT molecular complexity index is 511. The van der Waals surface area contributed by atoms with Gasteiger partial charge in [0, 0.05) is 18.2 Å². The molecule has 0 aromatic heterocycles. The largest absolute Gasteiger partial charge is 0.290 e. The molecule has 5 heteroatoms. The zero-order valence-corrected chi connectivity index (χ0v) is 9.87. The van der Waals surface area contributed by atoms with Crippen molar-refractivity contribution in [3.8, 4) is 0 Å². The summed E-state index contributed by atoms with van der Waals surface area (Å²) in [7, 11) is -3.27. The Morgan fingerprint density at radius 1 is 1.12 bits per heavy atom. The van der Waals surface area contributed by atoms with Gasteiger partial charge in [0.05, 0.1) is 4.90 Å². The summed E-state index contributed by atoms with van der Waals surface area (Å²) in [5, 5.41) is 0. The smallest absolute Gasteiger partial charge is 0.228 e. The summed E-state index contributed by atoms with van der Waals surface area (Å²) >= 11 is 0. The molecule has 0 aliphatic heterocycles. The molecule has 4 nitrogen and oxygen atoms in total. The van der Waals surface area contributed by atoms with Gasteiger partial charge in [0.25, 0.3) is 0 Å². The minimum absolute atomic E-state index is 0.132. The van der Waals surface area contributed by atoms with Gasteiger partial charge in [-0.3, -0.25) is 9.59 Å². The minimum atomic E-state index is -3.27. The first kappa shape index (κ1) is 12.6. The fourth-order valence-electron chi connectivity index (χ4n) is 1.18. The van der Waals surface area contributed by atoms with Gasteiger partial charge in [0.1, 0.15) is 0 Å². The number of carbonyl (C=O) groups excluding carboxylic acids is 2. The first-order chi connectivity index (χ1) is 7.36. The molecule has 0 saturated heterocycles. The Hall–Kier alpha value is -1.49. The van der Waals surface area contributed by atoms with E-state index in [4.69, 9.17) is 0 Å². The molecule has 0 amide bonds. The second-order valence-corrected chi connectivity index (χ2v) is 5.42. The van der Waals surface area contributed by atoms with E-state index >= 15 is 0 Å². The van der Waals surface area contributed by atoms with Crippen LogP contribution in [0.2, 0.25) is 0 Å². The molecule has 0 saturated carbocycles. The molecule has 0 radical (unpaired) electrons. The number of hydrogen-bond acceptors (Lipinski definition) is 4. The molecule has 0 aliphatic carbocycles. The molecule has 0 unspecified atom stereocenters. The third-order valence-corrected chi connectivity index (χ3v) is 3.25. The van der Waals surface area contributed by atoms with Crippen LogP contribution in [0, 0.1) is 0 Å². The van der Waals surface area contributed by atoms with E-state index in [9.17, 15) is 18.0 Å². The maximum Gasteiger partial charge on any atom is 0.228 e. The van der Waals surface area contributed by atoms with Crippen molar-refractivity contribution in [2.24, 2.45) is 0 Å². The van der Waals surface area contributed by atoms with Crippen LogP contribution >= 0.6 is 0 Å². The summed E-state index contributed by atoms with van der Waals surface area (Å²) in [6.07, 6.45) is 1.23. The summed E-state index contributed by atoms with van der Waals surface area (Å²) < 4.78 is 22.3. The van der Waals surface area contributed by atoms with Crippen LogP contribution in [-0.4, -0.2) is 26.2 Å². The average Bonchev–Trinajstić information content (AvgIpc) is 2.26. The van der Waals surface area contributed by atoms with E-state index in [0.717, 1.165) is 6.26 Å². The second kappa shape index (κ2) is 4.57. The Morgan fingerprint density at radius 2 is 1.62 bits per heavy atom. The second-order valence-electron chi connectivity index (χ2n) is 3.40. The van der Waals surface area contributed by atoms with Crippen LogP contribution in [0.5, 0.6) is 0 Å². The van der Waals surface area contributed by atoms with Gasteiger partial charge >= 0.3 is 0 Å². The van der Waals surface area contributed by atoms with Gasteiger partial charge in [-0.05, 0) is 24.3 Å². The van der Waals surface area contributed by atoms with Crippen LogP contribution in [0.1, 0.15) is 23.7 Å². The van der Waals surface area contributed by atoms with E-state index in [1.165, 1.54) is 24.3 Å². The zero-order chi connectivity index (χ0) is 12.3. The van der Waals surface area contributed by atoms with Gasteiger partial charge in [-0.15, -0.1) is 0 Å². The van der Waals surface area contributed by atoms with Crippen molar-refractivity contribution in [2.45, 2.75) is 18.2 Å². The Kier molecular flexibility index (Phi) is 3.59. The molecule has 0 N–H and O–H groups in total. The first-order valence-electron chi connectivity index (χ1n) is 4.74. The highest BCUT2D eigenvalue weighted by Gasteiger charge is 2.14. The molecular formula is C11H12O4S. The predicted molar refractivity (Wildman–Crippen MR) is 59.2 cm³/mol. The highest BCUT2D eigenvalue weighted by atomic mass is 32.2. The van der Waals surface area contributed by atoms with E-state index in [1.807, 2.05) is 0 Å². The van der Waals surface area contributed by atoms with Crippen molar-refractivity contribution in [1.29, 1.82) is 0 Å². The summed E-state index contributed by atoms with van der Waals surface area (Å²) in [6, 6.07) is 5.36. The van der Waals surface area contributed by atoms with Crippen LogP contribution in [-0.2, 0) is 14.6 Å². The standard InChI is InChI=1S/C11H12O4S/c1-3-10(12)11(13)8-4-6-9(7-5-8)16(2,14)15/h4-7H,3H2,1-2H3. The zero-order valence-electron chi connectivity index (χ0n) is 9.06. The van der Waals surface area contributed by atoms with Crippen LogP contribution in [0.3, 0.4) is 0 Å². The molecule has 86 valence electrons. The lowest BCUT2D eigenvalue weighted by Crippen LogP contribution is -2.12. The van der Waals surface area contributed by atoms with Crippen molar-refractivity contribution in [1.82, 2.24) is 0 Å². The minimum Gasteiger partial charge on any atom is -0.290 e. The van der Waals surface area contributed by atoms with Gasteiger partial charge in [0.15, 0.2) is 9.84 Å². The number of carbonyl (C=O) groups is 2. The molecule has 0 spiro atoms. The topological polar surface area (TPSA) is 68.3 Å². The maximum absolute atomic E-state index is 11.4. The number of sulfone groups is 1. The molecule has 1 aromatic rings. The lowest BCUT2D eigenvalue weighted by Gasteiger charge is -2.00. The highest BCUT2D eigenvalue weighted by Crippen LogP contribution is 2.11. The Morgan fingerprint density at radius 3 is 2.00 bits per heavy atom. The number of Topliss-reactive ketones (excluding diaryl/α,β-unsaturated/α-hetero) is 2. The van der Waals surface area contributed by atoms with E-state index in [0.29, 0.717) is 0 Å². The average molecular weight is 240 g/mol. The van der Waals surface area contributed by atoms with E-state index in [2.05, 4.69) is 0 Å². The van der Waals surface area contributed by atoms with Gasteiger partial charge in [0.2, 0.25) is 11.6 Å². The van der Waals surface area contributed by atoms with Crippen molar-refractivity contribution in [2.75, 3.05) is 6.26 Å². The lowest BCUT2D eigenvalue weighted by molar-refractivity contribution is -0.114. The number of benzene rings is 1. The number of ketones is 2. The summed E-state index contributed by atoms with van der Waals surface area (Å²) in [4.78, 5) is 22.7.